The lowest BCUT2D eigenvalue weighted by Crippen LogP contribution is -2.29. The Labute approximate surface area is 139 Å². The van der Waals surface area contributed by atoms with Gasteiger partial charge in [-0.15, -0.1) is 0 Å². The van der Waals surface area contributed by atoms with Crippen molar-refractivity contribution in [3.8, 4) is 0 Å². The maximum Gasteiger partial charge on any atom is 0.471 e. The number of aromatic carboxylic acids is 1. The van der Waals surface area contributed by atoms with Crippen LogP contribution >= 0.6 is 0 Å². The lowest BCUT2D eigenvalue weighted by atomic mass is 10.1. The summed E-state index contributed by atoms with van der Waals surface area (Å²) in [6, 6.07) is 10.4. The number of nitrogens with one attached hydrogen (secondary N) is 2. The number of rotatable bonds is 4. The Kier molecular flexibility index (Phi) is 5.06. The Morgan fingerprint density at radius 2 is 1.48 bits per heavy atom. The van der Waals surface area contributed by atoms with Crippen LogP contribution in [-0.2, 0) is 4.79 Å². The molecule has 0 unspecified atom stereocenters. The first kappa shape index (κ1) is 18.0. The molecule has 0 aromatic heterocycles. The molecule has 6 nitrogen and oxygen atoms in total. The summed E-state index contributed by atoms with van der Waals surface area (Å²) >= 11 is 0. The molecule has 2 aromatic carbocycles. The van der Waals surface area contributed by atoms with E-state index in [1.807, 2.05) is 0 Å². The number of para-hydroxylation sites is 1. The summed E-state index contributed by atoms with van der Waals surface area (Å²) in [5, 5.41) is 13.1. The van der Waals surface area contributed by atoms with E-state index in [0.29, 0.717) is 0 Å². The number of hydrogen-bond acceptors (Lipinski definition) is 3. The highest BCUT2D eigenvalue weighted by atomic mass is 19.4. The molecular weight excluding hydrogens is 341 g/mol. The zero-order chi connectivity index (χ0) is 18.6. The highest BCUT2D eigenvalue weighted by Gasteiger charge is 2.38. The molecule has 0 heterocycles. The van der Waals surface area contributed by atoms with Gasteiger partial charge in [-0.2, -0.15) is 13.2 Å². The fourth-order valence-electron chi connectivity index (χ4n) is 1.88. The fourth-order valence-corrected chi connectivity index (χ4v) is 1.88. The van der Waals surface area contributed by atoms with Crippen LogP contribution in [0.4, 0.5) is 24.5 Å². The van der Waals surface area contributed by atoms with Crippen molar-refractivity contribution in [1.82, 2.24) is 0 Å². The predicted octanol–water partition coefficient (Wildman–Crippen LogP) is 3.14. The minimum absolute atomic E-state index is 0.0743. The van der Waals surface area contributed by atoms with Crippen LogP contribution < -0.4 is 10.6 Å². The maximum atomic E-state index is 12.2. The fraction of sp³-hybridized carbons (Fsp3) is 0.0625. The summed E-state index contributed by atoms with van der Waals surface area (Å²) in [4.78, 5) is 34.0. The van der Waals surface area contributed by atoms with Gasteiger partial charge >= 0.3 is 18.1 Å². The monoisotopic (exact) mass is 352 g/mol. The maximum absolute atomic E-state index is 12.2. The summed E-state index contributed by atoms with van der Waals surface area (Å²) in [5.74, 6) is -4.00. The average molecular weight is 352 g/mol. The van der Waals surface area contributed by atoms with Crippen LogP contribution in [-0.4, -0.2) is 29.1 Å². The number of benzene rings is 2. The molecule has 0 aliphatic rings. The molecule has 0 saturated heterocycles. The van der Waals surface area contributed by atoms with Gasteiger partial charge in [0.2, 0.25) is 0 Å². The second kappa shape index (κ2) is 7.04. The molecule has 0 fully saturated rings. The topological polar surface area (TPSA) is 95.5 Å². The normalized spacial score (nSPS) is 10.8. The molecule has 0 aliphatic carbocycles. The van der Waals surface area contributed by atoms with Gasteiger partial charge in [-0.3, -0.25) is 9.59 Å². The van der Waals surface area contributed by atoms with Crippen LogP contribution in [0.5, 0.6) is 0 Å². The Bertz CT molecular complexity index is 817. The third kappa shape index (κ3) is 4.56. The SMILES string of the molecule is O=C(Nc1ccccc1C(=O)O)c1ccc(NC(=O)C(F)(F)F)cc1. The number of hydrogen-bond donors (Lipinski definition) is 3. The number of alkyl halides is 3. The molecule has 25 heavy (non-hydrogen) atoms. The van der Waals surface area contributed by atoms with E-state index in [4.69, 9.17) is 5.11 Å². The smallest absolute Gasteiger partial charge is 0.471 e. The number of anilines is 2. The summed E-state index contributed by atoms with van der Waals surface area (Å²) in [6.07, 6.45) is -5.02. The van der Waals surface area contributed by atoms with E-state index in [1.54, 1.807) is 5.32 Å². The van der Waals surface area contributed by atoms with E-state index in [1.165, 1.54) is 36.4 Å². The quantitative estimate of drug-likeness (QED) is 0.788. The first-order valence-corrected chi connectivity index (χ1v) is 6.80. The van der Waals surface area contributed by atoms with Crippen molar-refractivity contribution < 1.29 is 32.7 Å². The summed E-state index contributed by atoms with van der Waals surface area (Å²) < 4.78 is 36.5. The van der Waals surface area contributed by atoms with Gasteiger partial charge in [0, 0.05) is 11.3 Å². The summed E-state index contributed by atoms with van der Waals surface area (Å²) in [5.41, 5.74) is -0.0885. The lowest BCUT2D eigenvalue weighted by molar-refractivity contribution is -0.167. The van der Waals surface area contributed by atoms with E-state index in [-0.39, 0.29) is 22.5 Å². The number of carbonyl (C=O) groups is 3. The van der Waals surface area contributed by atoms with Gasteiger partial charge < -0.3 is 15.7 Å². The lowest BCUT2D eigenvalue weighted by Gasteiger charge is -2.10. The number of carbonyl (C=O) groups excluding carboxylic acids is 2. The number of carboxylic acids is 1. The molecule has 0 radical (unpaired) electrons. The van der Waals surface area contributed by atoms with Crippen molar-refractivity contribution in [1.29, 1.82) is 0 Å². The second-order valence-electron chi connectivity index (χ2n) is 4.83. The molecule has 2 amide bonds. The molecule has 0 bridgehead atoms. The van der Waals surface area contributed by atoms with Gasteiger partial charge in [0.1, 0.15) is 0 Å². The summed E-state index contributed by atoms with van der Waals surface area (Å²) in [7, 11) is 0. The van der Waals surface area contributed by atoms with Gasteiger partial charge in [0.15, 0.2) is 0 Å². The van der Waals surface area contributed by atoms with Crippen LogP contribution in [0.2, 0.25) is 0 Å². The molecule has 2 rings (SSSR count). The molecule has 0 atom stereocenters. The van der Waals surface area contributed by atoms with Gasteiger partial charge in [-0.05, 0) is 36.4 Å². The first-order valence-electron chi connectivity index (χ1n) is 6.80. The van der Waals surface area contributed by atoms with E-state index in [0.717, 1.165) is 12.1 Å². The van der Waals surface area contributed by atoms with Crippen LogP contribution in [0.15, 0.2) is 48.5 Å². The largest absolute Gasteiger partial charge is 0.478 e. The standard InChI is InChI=1S/C16H11F3N2O4/c17-16(18,19)15(25)20-10-7-5-9(6-8-10)13(22)21-12-4-2-1-3-11(12)14(23)24/h1-8H,(H,20,25)(H,21,22)(H,23,24). The molecule has 130 valence electrons. The number of carboxylic acid groups (broad SMARTS) is 1. The van der Waals surface area contributed by atoms with E-state index in [9.17, 15) is 27.6 Å². The molecule has 0 spiro atoms. The van der Waals surface area contributed by atoms with E-state index in [2.05, 4.69) is 5.32 Å². The molecule has 0 aliphatic heterocycles. The third-order valence-corrected chi connectivity index (χ3v) is 3.07. The Hall–Kier alpha value is -3.36. The van der Waals surface area contributed by atoms with Gasteiger partial charge in [-0.1, -0.05) is 12.1 Å². The van der Waals surface area contributed by atoms with Crippen LogP contribution in [0.1, 0.15) is 20.7 Å². The average Bonchev–Trinajstić information content (AvgIpc) is 2.54. The molecule has 0 saturated carbocycles. The van der Waals surface area contributed by atoms with Gasteiger partial charge in [-0.25, -0.2) is 4.79 Å². The van der Waals surface area contributed by atoms with Crippen molar-refractivity contribution in [3.05, 3.63) is 59.7 Å². The number of amides is 2. The molecule has 9 heteroatoms. The van der Waals surface area contributed by atoms with Crippen molar-refractivity contribution in [2.45, 2.75) is 6.18 Å². The van der Waals surface area contributed by atoms with Crippen molar-refractivity contribution >= 4 is 29.2 Å². The molecule has 2 aromatic rings. The number of halogens is 3. The van der Waals surface area contributed by atoms with E-state index < -0.39 is 24.0 Å². The minimum atomic E-state index is -5.02. The summed E-state index contributed by atoms with van der Waals surface area (Å²) in [6.45, 7) is 0. The second-order valence-corrected chi connectivity index (χ2v) is 4.83. The third-order valence-electron chi connectivity index (χ3n) is 3.07. The highest BCUT2D eigenvalue weighted by molar-refractivity contribution is 6.08. The molecule has 3 N–H and O–H groups in total. The van der Waals surface area contributed by atoms with Gasteiger partial charge in [0.25, 0.3) is 5.91 Å². The zero-order valence-electron chi connectivity index (χ0n) is 12.4. The molecular formula is C16H11F3N2O4. The Morgan fingerprint density at radius 1 is 0.880 bits per heavy atom. The van der Waals surface area contributed by atoms with Crippen LogP contribution in [0, 0.1) is 0 Å². The van der Waals surface area contributed by atoms with Crippen molar-refractivity contribution in [2.24, 2.45) is 0 Å². The van der Waals surface area contributed by atoms with E-state index >= 15 is 0 Å². The van der Waals surface area contributed by atoms with Crippen molar-refractivity contribution in [3.63, 3.8) is 0 Å². The van der Waals surface area contributed by atoms with Gasteiger partial charge in [0.05, 0.1) is 11.3 Å². The first-order chi connectivity index (χ1) is 11.7. The Morgan fingerprint density at radius 3 is 2.04 bits per heavy atom. The van der Waals surface area contributed by atoms with Crippen LogP contribution in [0.3, 0.4) is 0 Å². The minimum Gasteiger partial charge on any atom is -0.478 e. The van der Waals surface area contributed by atoms with Crippen molar-refractivity contribution in [2.75, 3.05) is 10.6 Å². The highest BCUT2D eigenvalue weighted by Crippen LogP contribution is 2.20. The van der Waals surface area contributed by atoms with Crippen LogP contribution in [0.25, 0.3) is 0 Å². The zero-order valence-corrected chi connectivity index (χ0v) is 12.4. The predicted molar refractivity (Wildman–Crippen MR) is 82.5 cm³/mol. The Balaban J connectivity index is 2.11.